The van der Waals surface area contributed by atoms with E-state index in [0.717, 1.165) is 49.7 Å². The van der Waals surface area contributed by atoms with Gasteiger partial charge >= 0.3 is 0 Å². The van der Waals surface area contributed by atoms with E-state index in [1.807, 2.05) is 176 Å². The van der Waals surface area contributed by atoms with Crippen LogP contribution < -0.4 is 4.90 Å². The van der Waals surface area contributed by atoms with Gasteiger partial charge in [-0.25, -0.2) is 0 Å². The minimum Gasteiger partial charge on any atom is -0.311 e. The van der Waals surface area contributed by atoms with Gasteiger partial charge in [-0.3, -0.25) is 0 Å². The van der Waals surface area contributed by atoms with Crippen LogP contribution in [0.3, 0.4) is 0 Å². The van der Waals surface area contributed by atoms with Gasteiger partial charge in [-0.1, -0.05) is 164 Å². The van der Waals surface area contributed by atoms with E-state index in [0.29, 0.717) is 16.9 Å². The highest BCUT2D eigenvalue weighted by Gasteiger charge is 2.17. The molecule has 2 nitrogen and oxygen atoms in total. The van der Waals surface area contributed by atoms with Crippen LogP contribution in [0.5, 0.6) is 0 Å². The molecule has 0 radical (unpaired) electrons. The van der Waals surface area contributed by atoms with E-state index in [2.05, 4.69) is 4.57 Å². The number of fused-ring (bicyclic) bond motifs is 3. The molecule has 0 bridgehead atoms. The molecule has 0 aliphatic carbocycles. The predicted molar refractivity (Wildman–Crippen MR) is 237 cm³/mol. The zero-order valence-corrected chi connectivity index (χ0v) is 30.2. The molecule has 0 unspecified atom stereocenters. The zero-order valence-electron chi connectivity index (χ0n) is 38.2. The maximum absolute atomic E-state index is 9.75. The van der Waals surface area contributed by atoms with Gasteiger partial charge in [0.25, 0.3) is 0 Å². The summed E-state index contributed by atoms with van der Waals surface area (Å²) in [5, 5.41) is 1.61. The van der Waals surface area contributed by atoms with Crippen LogP contribution in [0.15, 0.2) is 230 Å². The number of para-hydroxylation sites is 2. The van der Waals surface area contributed by atoms with Gasteiger partial charge in [0, 0.05) is 33.5 Å². The van der Waals surface area contributed by atoms with Gasteiger partial charge in [-0.05, 0) is 111 Å². The van der Waals surface area contributed by atoms with Gasteiger partial charge in [-0.2, -0.15) is 0 Å². The number of aromatic nitrogens is 1. The molecule has 0 atom stereocenters. The lowest BCUT2D eigenvalue weighted by Crippen LogP contribution is -2.09. The van der Waals surface area contributed by atoms with Crippen molar-refractivity contribution in [2.75, 3.05) is 4.90 Å². The molecule has 0 saturated carbocycles. The third-order valence-corrected chi connectivity index (χ3v) is 10.2. The molecule has 0 fully saturated rings. The van der Waals surface area contributed by atoms with Crippen molar-refractivity contribution in [2.45, 2.75) is 0 Å². The predicted octanol–water partition coefficient (Wildman–Crippen LogP) is 14.9. The second kappa shape index (κ2) is 14.4. The second-order valence-corrected chi connectivity index (χ2v) is 13.5. The highest BCUT2D eigenvalue weighted by atomic mass is 15.1. The zero-order chi connectivity index (χ0) is 44.2. The van der Waals surface area contributed by atoms with Gasteiger partial charge in [-0.15, -0.1) is 0 Å². The summed E-state index contributed by atoms with van der Waals surface area (Å²) >= 11 is 0. The summed E-state index contributed by atoms with van der Waals surface area (Å²) in [6, 6.07) is 55.2. The van der Waals surface area contributed by atoms with Crippen molar-refractivity contribution < 1.29 is 11.0 Å². The Morgan fingerprint density at radius 2 is 0.875 bits per heavy atom. The standard InChI is InChI=1S/C54H38N2/c1-4-14-39(15-5-1)41-26-32-47(33-27-41)55(48-34-28-42(29-35-48)40-16-6-2-7-17-40)49-36-30-43(31-37-49)44-18-12-19-45(38-44)50-23-13-25-53-54(50)51-22-10-11-24-52(51)56(53)46-20-8-3-9-21-46/h1-38H/i12D,18D,19D,30D,31D,36D,37D,38D. The van der Waals surface area contributed by atoms with Gasteiger partial charge in [0.1, 0.15) is 0 Å². The number of anilines is 3. The molecule has 9 aromatic carbocycles. The lowest BCUT2D eigenvalue weighted by atomic mass is 9.95. The first-order chi connectivity index (χ1) is 31.1. The van der Waals surface area contributed by atoms with Crippen LogP contribution in [-0.4, -0.2) is 4.57 Å². The Labute approximate surface area is 339 Å². The average Bonchev–Trinajstić information content (AvgIpc) is 3.69. The molecule has 2 heteroatoms. The van der Waals surface area contributed by atoms with Crippen molar-refractivity contribution in [3.05, 3.63) is 230 Å². The van der Waals surface area contributed by atoms with Gasteiger partial charge < -0.3 is 9.47 Å². The van der Waals surface area contributed by atoms with E-state index in [1.54, 1.807) is 11.0 Å². The van der Waals surface area contributed by atoms with Crippen LogP contribution in [0.4, 0.5) is 17.1 Å². The summed E-state index contributed by atoms with van der Waals surface area (Å²) in [4.78, 5) is 1.70. The van der Waals surface area contributed by atoms with Crippen LogP contribution in [0.2, 0.25) is 0 Å². The summed E-state index contributed by atoms with van der Waals surface area (Å²) in [5.74, 6) is 0. The number of benzene rings is 9. The number of nitrogens with zero attached hydrogens (tertiary/aromatic N) is 2. The molecular weight excluding hydrogens is 677 g/mol. The third-order valence-electron chi connectivity index (χ3n) is 10.2. The second-order valence-electron chi connectivity index (χ2n) is 13.5. The molecule has 1 heterocycles. The summed E-state index contributed by atoms with van der Waals surface area (Å²) in [5.41, 5.74) is 7.82. The molecule has 0 saturated heterocycles. The quantitative estimate of drug-likeness (QED) is 0.152. The molecule has 1 aromatic heterocycles. The summed E-state index contributed by atoms with van der Waals surface area (Å²) in [7, 11) is 0. The molecule has 0 spiro atoms. The van der Waals surface area contributed by atoms with E-state index < -0.39 is 24.2 Å². The topological polar surface area (TPSA) is 8.17 Å². The Hall–Kier alpha value is -7.42. The van der Waals surface area contributed by atoms with E-state index in [4.69, 9.17) is 1.37 Å². The summed E-state index contributed by atoms with van der Waals surface area (Å²) < 4.78 is 77.7. The highest BCUT2D eigenvalue weighted by Crippen LogP contribution is 2.41. The first-order valence-corrected chi connectivity index (χ1v) is 18.5. The van der Waals surface area contributed by atoms with Crippen LogP contribution in [-0.2, 0) is 0 Å². The summed E-state index contributed by atoms with van der Waals surface area (Å²) in [6.07, 6.45) is 0. The third kappa shape index (κ3) is 6.14. The fraction of sp³-hybridized carbons (Fsp3) is 0. The molecule has 0 N–H and O–H groups in total. The lowest BCUT2D eigenvalue weighted by Gasteiger charge is -2.26. The summed E-state index contributed by atoms with van der Waals surface area (Å²) in [6.45, 7) is 0. The fourth-order valence-electron chi connectivity index (χ4n) is 7.50. The molecule has 0 aliphatic heterocycles. The van der Waals surface area contributed by atoms with Crippen molar-refractivity contribution in [1.82, 2.24) is 4.57 Å². The highest BCUT2D eigenvalue weighted by molar-refractivity contribution is 6.15. The largest absolute Gasteiger partial charge is 0.311 e. The van der Waals surface area contributed by atoms with Crippen molar-refractivity contribution in [1.29, 1.82) is 0 Å². The maximum Gasteiger partial charge on any atom is 0.0645 e. The van der Waals surface area contributed by atoms with Crippen LogP contribution >= 0.6 is 0 Å². The molecule has 10 rings (SSSR count). The normalized spacial score (nSPS) is 13.2. The first kappa shape index (κ1) is 25.6. The molecule has 56 heavy (non-hydrogen) atoms. The Balaban J connectivity index is 1.17. The Kier molecular flexibility index (Phi) is 6.59. The Bertz CT molecular complexity index is 3280. The Morgan fingerprint density at radius 1 is 0.357 bits per heavy atom. The fourth-order valence-corrected chi connectivity index (χ4v) is 7.50. The van der Waals surface area contributed by atoms with Gasteiger partial charge in [0.05, 0.1) is 22.0 Å². The van der Waals surface area contributed by atoms with Gasteiger partial charge in [0.15, 0.2) is 0 Å². The Morgan fingerprint density at radius 3 is 1.50 bits per heavy atom. The van der Waals surface area contributed by atoms with Crippen molar-refractivity contribution >= 4 is 38.9 Å². The number of hydrogen-bond donors (Lipinski definition) is 0. The van der Waals surface area contributed by atoms with Gasteiger partial charge in [0.2, 0.25) is 0 Å². The SMILES string of the molecule is [2H]c1c([2H])c(-c2c([2H])c([2H])c(N(c3ccc(-c4ccccc4)cc3)c3ccc(-c4ccccc4)cc3)c([2H])c2[2H])c([2H])c(-c2cccc3c2c2ccccc2n3-c2ccccc2)c1[2H]. The van der Waals surface area contributed by atoms with Crippen molar-refractivity contribution in [2.24, 2.45) is 0 Å². The average molecular weight is 723 g/mol. The number of hydrogen-bond acceptors (Lipinski definition) is 1. The van der Waals surface area contributed by atoms with Crippen LogP contribution in [0.1, 0.15) is 11.0 Å². The molecule has 0 amide bonds. The van der Waals surface area contributed by atoms with E-state index in [-0.39, 0.29) is 46.5 Å². The van der Waals surface area contributed by atoms with Crippen molar-refractivity contribution in [3.63, 3.8) is 0 Å². The van der Waals surface area contributed by atoms with E-state index in [1.165, 1.54) is 0 Å². The van der Waals surface area contributed by atoms with Crippen molar-refractivity contribution in [3.8, 4) is 50.2 Å². The molecular formula is C54H38N2. The maximum atomic E-state index is 9.75. The molecule has 264 valence electrons. The smallest absolute Gasteiger partial charge is 0.0645 e. The minimum absolute atomic E-state index is 0.0151. The van der Waals surface area contributed by atoms with E-state index in [9.17, 15) is 9.60 Å². The first-order valence-electron chi connectivity index (χ1n) is 22.5. The number of rotatable bonds is 8. The minimum atomic E-state index is -0.518. The van der Waals surface area contributed by atoms with Crippen LogP contribution in [0.25, 0.3) is 72.0 Å². The van der Waals surface area contributed by atoms with Crippen LogP contribution in [0, 0.1) is 0 Å². The molecule has 0 aliphatic rings. The van der Waals surface area contributed by atoms with E-state index >= 15 is 0 Å². The monoisotopic (exact) mass is 722 g/mol. The molecule has 10 aromatic rings. The lowest BCUT2D eigenvalue weighted by molar-refractivity contribution is 1.18.